The Hall–Kier alpha value is -1.50. The molecule has 0 atom stereocenters. The van der Waals surface area contributed by atoms with Gasteiger partial charge in [0.1, 0.15) is 0 Å². The fourth-order valence-corrected chi connectivity index (χ4v) is 2.49. The van der Waals surface area contributed by atoms with Crippen LogP contribution >= 0.6 is 0 Å². The van der Waals surface area contributed by atoms with Crippen LogP contribution in [0.25, 0.3) is 0 Å². The standard InChI is InChI=1S/C15H19N/c1-4-5-12-6-7-13-10-14(16-3)8-9-15(13)11(12)2/h4-5,10,16H,1-2,6-9H2,3H3/b12-5-. The van der Waals surface area contributed by atoms with Gasteiger partial charge < -0.3 is 5.32 Å². The zero-order valence-corrected chi connectivity index (χ0v) is 9.97. The molecule has 0 heterocycles. The van der Waals surface area contributed by atoms with Gasteiger partial charge >= 0.3 is 0 Å². The fraction of sp³-hybridized carbons (Fsp3) is 0.333. The number of rotatable bonds is 2. The second-order valence-corrected chi connectivity index (χ2v) is 4.33. The van der Waals surface area contributed by atoms with E-state index in [0.29, 0.717) is 0 Å². The quantitative estimate of drug-likeness (QED) is 0.738. The molecule has 0 fully saturated rings. The van der Waals surface area contributed by atoms with Crippen molar-refractivity contribution in [3.63, 3.8) is 0 Å². The van der Waals surface area contributed by atoms with Gasteiger partial charge in [0.05, 0.1) is 0 Å². The third-order valence-corrected chi connectivity index (χ3v) is 3.44. The highest BCUT2D eigenvalue weighted by Gasteiger charge is 2.21. The van der Waals surface area contributed by atoms with E-state index in [2.05, 4.69) is 30.6 Å². The van der Waals surface area contributed by atoms with E-state index in [-0.39, 0.29) is 0 Å². The summed E-state index contributed by atoms with van der Waals surface area (Å²) in [7, 11) is 2.00. The predicted octanol–water partition coefficient (Wildman–Crippen LogP) is 3.64. The summed E-state index contributed by atoms with van der Waals surface area (Å²) in [5.74, 6) is 0. The monoisotopic (exact) mass is 213 g/mol. The first-order chi connectivity index (χ1) is 7.76. The Balaban J connectivity index is 2.33. The van der Waals surface area contributed by atoms with E-state index < -0.39 is 0 Å². The Labute approximate surface area is 97.9 Å². The summed E-state index contributed by atoms with van der Waals surface area (Å²) in [6.07, 6.45) is 10.7. The van der Waals surface area contributed by atoms with E-state index in [1.165, 1.54) is 28.0 Å². The summed E-state index contributed by atoms with van der Waals surface area (Å²) in [6, 6.07) is 0. The van der Waals surface area contributed by atoms with Gasteiger partial charge in [-0.1, -0.05) is 25.3 Å². The molecule has 0 unspecified atom stereocenters. The zero-order chi connectivity index (χ0) is 11.5. The molecule has 1 heteroatoms. The minimum absolute atomic E-state index is 1.09. The van der Waals surface area contributed by atoms with Gasteiger partial charge in [0, 0.05) is 12.7 Å². The topological polar surface area (TPSA) is 12.0 Å². The van der Waals surface area contributed by atoms with E-state index in [9.17, 15) is 0 Å². The Morgan fingerprint density at radius 3 is 2.75 bits per heavy atom. The van der Waals surface area contributed by atoms with Crippen LogP contribution in [0.4, 0.5) is 0 Å². The van der Waals surface area contributed by atoms with Gasteiger partial charge in [-0.05, 0) is 54.1 Å². The van der Waals surface area contributed by atoms with Crippen LogP contribution in [-0.2, 0) is 0 Å². The summed E-state index contributed by atoms with van der Waals surface area (Å²) < 4.78 is 0. The molecule has 2 rings (SSSR count). The summed E-state index contributed by atoms with van der Waals surface area (Å²) in [5, 5.41) is 3.25. The molecular weight excluding hydrogens is 194 g/mol. The van der Waals surface area contributed by atoms with Crippen LogP contribution in [0.3, 0.4) is 0 Å². The summed E-state index contributed by atoms with van der Waals surface area (Å²) in [4.78, 5) is 0. The van der Waals surface area contributed by atoms with Gasteiger partial charge in [-0.3, -0.25) is 0 Å². The molecule has 0 spiro atoms. The van der Waals surface area contributed by atoms with Crippen molar-refractivity contribution in [2.24, 2.45) is 0 Å². The van der Waals surface area contributed by atoms with Crippen molar-refractivity contribution in [3.8, 4) is 0 Å². The highest BCUT2D eigenvalue weighted by atomic mass is 14.8. The second kappa shape index (κ2) is 4.56. The van der Waals surface area contributed by atoms with Crippen LogP contribution < -0.4 is 5.32 Å². The number of allylic oxidation sites excluding steroid dienone is 8. The van der Waals surface area contributed by atoms with Gasteiger partial charge in [0.15, 0.2) is 0 Å². The molecule has 0 saturated heterocycles. The fourth-order valence-electron chi connectivity index (χ4n) is 2.49. The SMILES string of the molecule is C=C/C=C1/CCC2=C(CCC(NC)=C2)C1=C. The first-order valence-corrected chi connectivity index (χ1v) is 5.88. The maximum absolute atomic E-state index is 4.23. The zero-order valence-electron chi connectivity index (χ0n) is 9.97. The highest BCUT2D eigenvalue weighted by molar-refractivity contribution is 5.55. The lowest BCUT2D eigenvalue weighted by Crippen LogP contribution is -2.14. The van der Waals surface area contributed by atoms with E-state index in [1.54, 1.807) is 0 Å². The molecular formula is C15H19N. The van der Waals surface area contributed by atoms with Gasteiger partial charge in [-0.25, -0.2) is 0 Å². The Morgan fingerprint density at radius 2 is 2.06 bits per heavy atom. The summed E-state index contributed by atoms with van der Waals surface area (Å²) in [5.41, 5.74) is 6.87. The molecule has 2 aliphatic carbocycles. The normalized spacial score (nSPS) is 22.9. The molecule has 2 aliphatic rings. The van der Waals surface area contributed by atoms with Gasteiger partial charge in [-0.15, -0.1) is 0 Å². The van der Waals surface area contributed by atoms with Gasteiger partial charge in [0.25, 0.3) is 0 Å². The molecule has 16 heavy (non-hydrogen) atoms. The maximum Gasteiger partial charge on any atom is 0.0110 e. The van der Waals surface area contributed by atoms with E-state index in [4.69, 9.17) is 0 Å². The lowest BCUT2D eigenvalue weighted by molar-refractivity contribution is 0.769. The predicted molar refractivity (Wildman–Crippen MR) is 70.1 cm³/mol. The molecule has 0 saturated carbocycles. The third-order valence-electron chi connectivity index (χ3n) is 3.44. The molecule has 0 aromatic carbocycles. The first kappa shape index (κ1) is 11.0. The van der Waals surface area contributed by atoms with Crippen molar-refractivity contribution in [2.45, 2.75) is 25.7 Å². The summed E-state index contributed by atoms with van der Waals surface area (Å²) >= 11 is 0. The Morgan fingerprint density at radius 1 is 1.25 bits per heavy atom. The van der Waals surface area contributed by atoms with Crippen LogP contribution in [-0.4, -0.2) is 7.05 Å². The average molecular weight is 213 g/mol. The van der Waals surface area contributed by atoms with E-state index >= 15 is 0 Å². The molecule has 0 aromatic heterocycles. The van der Waals surface area contributed by atoms with Gasteiger partial charge in [-0.2, -0.15) is 0 Å². The Bertz CT molecular complexity index is 419. The van der Waals surface area contributed by atoms with Crippen LogP contribution in [0.2, 0.25) is 0 Å². The largest absolute Gasteiger partial charge is 0.391 e. The van der Waals surface area contributed by atoms with Crippen LogP contribution in [0.5, 0.6) is 0 Å². The number of nitrogens with one attached hydrogen (secondary N) is 1. The van der Waals surface area contributed by atoms with E-state index in [0.717, 1.165) is 25.7 Å². The molecule has 0 aliphatic heterocycles. The van der Waals surface area contributed by atoms with Crippen LogP contribution in [0.15, 0.2) is 59.4 Å². The van der Waals surface area contributed by atoms with Crippen molar-refractivity contribution in [1.29, 1.82) is 0 Å². The first-order valence-electron chi connectivity index (χ1n) is 5.88. The molecule has 0 aromatic rings. The molecule has 0 bridgehead atoms. The minimum atomic E-state index is 1.09. The van der Waals surface area contributed by atoms with Crippen molar-refractivity contribution < 1.29 is 0 Å². The third kappa shape index (κ3) is 1.90. The molecule has 0 radical (unpaired) electrons. The lowest BCUT2D eigenvalue weighted by atomic mass is 9.79. The van der Waals surface area contributed by atoms with Crippen molar-refractivity contribution in [3.05, 3.63) is 59.4 Å². The van der Waals surface area contributed by atoms with E-state index in [1.807, 2.05) is 13.1 Å². The van der Waals surface area contributed by atoms with Crippen LogP contribution in [0, 0.1) is 0 Å². The highest BCUT2D eigenvalue weighted by Crippen LogP contribution is 2.39. The van der Waals surface area contributed by atoms with Crippen molar-refractivity contribution in [2.75, 3.05) is 7.05 Å². The van der Waals surface area contributed by atoms with Crippen LogP contribution in [0.1, 0.15) is 25.7 Å². The Kier molecular flexibility index (Phi) is 3.14. The number of hydrogen-bond donors (Lipinski definition) is 1. The molecule has 0 amide bonds. The maximum atomic E-state index is 4.23. The molecule has 84 valence electrons. The minimum Gasteiger partial charge on any atom is -0.391 e. The lowest BCUT2D eigenvalue weighted by Gasteiger charge is -2.27. The van der Waals surface area contributed by atoms with Gasteiger partial charge in [0.2, 0.25) is 0 Å². The molecule has 1 N–H and O–H groups in total. The smallest absolute Gasteiger partial charge is 0.0110 e. The van der Waals surface area contributed by atoms with Crippen molar-refractivity contribution >= 4 is 0 Å². The summed E-state index contributed by atoms with van der Waals surface area (Å²) in [6.45, 7) is 7.99. The van der Waals surface area contributed by atoms with Crippen molar-refractivity contribution in [1.82, 2.24) is 5.32 Å². The number of hydrogen-bond acceptors (Lipinski definition) is 1. The molecule has 1 nitrogen and oxygen atoms in total. The average Bonchev–Trinajstić information content (AvgIpc) is 2.32. The second-order valence-electron chi connectivity index (χ2n) is 4.33.